The molecule has 0 N–H and O–H groups in total. The van der Waals surface area contributed by atoms with Gasteiger partial charge in [0.05, 0.1) is 0 Å². The minimum atomic E-state index is -0.579. The number of amides is 1. The maximum atomic E-state index is 13.1. The zero-order chi connectivity index (χ0) is 17.6. The minimum Gasteiger partial charge on any atom is -0.476 e. The first-order valence-corrected chi connectivity index (χ1v) is 9.25. The van der Waals surface area contributed by atoms with Crippen LogP contribution in [-0.4, -0.2) is 30.6 Å². The topological polar surface area (TPSA) is 29.5 Å². The molecule has 1 aliphatic heterocycles. The van der Waals surface area contributed by atoms with Crippen LogP contribution in [-0.2, 0) is 4.79 Å². The van der Waals surface area contributed by atoms with E-state index in [4.69, 9.17) is 4.74 Å². The first-order valence-electron chi connectivity index (χ1n) is 9.25. The largest absolute Gasteiger partial charge is 0.476 e. The molecule has 1 atom stereocenters. The van der Waals surface area contributed by atoms with Crippen molar-refractivity contribution in [1.82, 2.24) is 4.90 Å². The third-order valence-corrected chi connectivity index (χ3v) is 4.80. The van der Waals surface area contributed by atoms with Gasteiger partial charge in [-0.1, -0.05) is 61.6 Å². The molecule has 25 heavy (non-hydrogen) atoms. The second-order valence-corrected chi connectivity index (χ2v) is 7.02. The van der Waals surface area contributed by atoms with E-state index in [1.165, 1.54) is 11.9 Å². The summed E-state index contributed by atoms with van der Waals surface area (Å²) in [5, 5.41) is 0. The summed E-state index contributed by atoms with van der Waals surface area (Å²) >= 11 is 0. The summed E-state index contributed by atoms with van der Waals surface area (Å²) in [5.74, 6) is 0.808. The third-order valence-electron chi connectivity index (χ3n) is 4.80. The molecule has 0 radical (unpaired) electrons. The van der Waals surface area contributed by atoms with E-state index >= 15 is 0 Å². The molecule has 3 rings (SSSR count). The minimum absolute atomic E-state index is 0.0684. The van der Waals surface area contributed by atoms with Crippen molar-refractivity contribution in [3.8, 4) is 5.75 Å². The molecule has 0 aliphatic carbocycles. The van der Waals surface area contributed by atoms with E-state index in [0.717, 1.165) is 37.2 Å². The Morgan fingerprint density at radius 1 is 0.960 bits per heavy atom. The van der Waals surface area contributed by atoms with Crippen molar-refractivity contribution in [2.75, 3.05) is 13.1 Å². The molecule has 0 saturated carbocycles. The first-order chi connectivity index (χ1) is 12.1. The Balaban J connectivity index is 1.82. The van der Waals surface area contributed by atoms with Gasteiger partial charge in [0.2, 0.25) is 6.10 Å². The van der Waals surface area contributed by atoms with Crippen LogP contribution in [0.3, 0.4) is 0 Å². The quantitative estimate of drug-likeness (QED) is 0.778. The normalized spacial score (nSPS) is 15.5. The summed E-state index contributed by atoms with van der Waals surface area (Å²) in [5.41, 5.74) is 2.18. The van der Waals surface area contributed by atoms with E-state index in [1.54, 1.807) is 0 Å². The molecule has 3 nitrogen and oxygen atoms in total. The standard InChI is InChI=1S/C21H26BNO2/c1-22(2)18-11-13-19(14-12-18)25-20(17-9-5-3-6-10-17)21(24)23-15-7-4-8-16-23/h3,5-6,9-14,20H,4,7-8,15-16H2,1-2H3. The Labute approximate surface area is 151 Å². The summed E-state index contributed by atoms with van der Waals surface area (Å²) < 4.78 is 6.16. The van der Waals surface area contributed by atoms with Crippen LogP contribution in [0.2, 0.25) is 13.6 Å². The van der Waals surface area contributed by atoms with Gasteiger partial charge in [-0.15, -0.1) is 0 Å². The number of piperidine rings is 1. The van der Waals surface area contributed by atoms with Crippen LogP contribution in [0, 0.1) is 0 Å². The van der Waals surface area contributed by atoms with Crippen LogP contribution < -0.4 is 10.2 Å². The molecule has 1 aliphatic rings. The van der Waals surface area contributed by atoms with E-state index < -0.39 is 6.10 Å². The van der Waals surface area contributed by atoms with Crippen LogP contribution in [0.1, 0.15) is 30.9 Å². The number of hydrogen-bond acceptors (Lipinski definition) is 2. The predicted octanol–water partition coefficient (Wildman–Crippen LogP) is 3.78. The highest BCUT2D eigenvalue weighted by Gasteiger charge is 2.28. The van der Waals surface area contributed by atoms with Crippen molar-refractivity contribution in [1.29, 1.82) is 0 Å². The average molecular weight is 335 g/mol. The number of carbonyl (C=O) groups is 1. The highest BCUT2D eigenvalue weighted by Crippen LogP contribution is 2.25. The Kier molecular flexibility index (Phi) is 5.80. The monoisotopic (exact) mass is 335 g/mol. The van der Waals surface area contributed by atoms with Crippen molar-refractivity contribution in [3.05, 3.63) is 60.2 Å². The SMILES string of the molecule is CB(C)c1ccc(OC(C(=O)N2CCCCC2)c2ccccc2)cc1. The number of hydrogen-bond donors (Lipinski definition) is 0. The lowest BCUT2D eigenvalue weighted by Gasteiger charge is -2.30. The lowest BCUT2D eigenvalue weighted by Crippen LogP contribution is -2.40. The maximum Gasteiger partial charge on any atom is 0.268 e. The fourth-order valence-electron chi connectivity index (χ4n) is 3.24. The number of rotatable bonds is 5. The molecule has 0 aromatic heterocycles. The number of likely N-dealkylation sites (tertiary alicyclic amines) is 1. The van der Waals surface area contributed by atoms with E-state index in [-0.39, 0.29) is 5.91 Å². The summed E-state index contributed by atoms with van der Waals surface area (Å²) in [6, 6.07) is 17.9. The van der Waals surface area contributed by atoms with Gasteiger partial charge in [-0.3, -0.25) is 4.79 Å². The summed E-state index contributed by atoms with van der Waals surface area (Å²) in [6.45, 7) is 6.48. The smallest absolute Gasteiger partial charge is 0.268 e. The van der Waals surface area contributed by atoms with Crippen LogP contribution in [0.5, 0.6) is 5.75 Å². The fourth-order valence-corrected chi connectivity index (χ4v) is 3.24. The van der Waals surface area contributed by atoms with Crippen molar-refractivity contribution in [3.63, 3.8) is 0 Å². The number of ether oxygens (including phenoxy) is 1. The van der Waals surface area contributed by atoms with Gasteiger partial charge < -0.3 is 9.64 Å². The summed E-state index contributed by atoms with van der Waals surface area (Å²) in [6.07, 6.45) is 2.79. The second-order valence-electron chi connectivity index (χ2n) is 7.02. The predicted molar refractivity (Wildman–Crippen MR) is 104 cm³/mol. The Bertz CT molecular complexity index is 679. The van der Waals surface area contributed by atoms with Gasteiger partial charge in [0.1, 0.15) is 5.75 Å². The summed E-state index contributed by atoms with van der Waals surface area (Å²) in [7, 11) is 0. The Morgan fingerprint density at radius 3 is 2.20 bits per heavy atom. The third kappa shape index (κ3) is 4.44. The van der Waals surface area contributed by atoms with E-state index in [9.17, 15) is 4.79 Å². The van der Waals surface area contributed by atoms with Gasteiger partial charge in [0.15, 0.2) is 6.71 Å². The van der Waals surface area contributed by atoms with E-state index in [0.29, 0.717) is 6.71 Å². The van der Waals surface area contributed by atoms with Crippen LogP contribution in [0.4, 0.5) is 0 Å². The molecule has 0 spiro atoms. The number of nitrogens with zero attached hydrogens (tertiary/aromatic N) is 1. The van der Waals surface area contributed by atoms with E-state index in [1.807, 2.05) is 47.4 Å². The van der Waals surface area contributed by atoms with Crippen LogP contribution in [0.15, 0.2) is 54.6 Å². The van der Waals surface area contributed by atoms with Crippen molar-refractivity contribution in [2.24, 2.45) is 0 Å². The van der Waals surface area contributed by atoms with Gasteiger partial charge in [0, 0.05) is 18.7 Å². The van der Waals surface area contributed by atoms with Gasteiger partial charge in [-0.25, -0.2) is 0 Å². The number of carbonyl (C=O) groups excluding carboxylic acids is 1. The Hall–Kier alpha value is -2.23. The Morgan fingerprint density at radius 2 is 1.60 bits per heavy atom. The lowest BCUT2D eigenvalue weighted by molar-refractivity contribution is -0.140. The second kappa shape index (κ2) is 8.24. The van der Waals surface area contributed by atoms with Crippen LogP contribution >= 0.6 is 0 Å². The van der Waals surface area contributed by atoms with Crippen molar-refractivity contribution in [2.45, 2.75) is 39.0 Å². The van der Waals surface area contributed by atoms with Gasteiger partial charge >= 0.3 is 0 Å². The molecule has 1 unspecified atom stereocenters. The zero-order valence-corrected chi connectivity index (χ0v) is 15.2. The maximum absolute atomic E-state index is 13.1. The van der Waals surface area contributed by atoms with Crippen molar-refractivity contribution < 1.29 is 9.53 Å². The van der Waals surface area contributed by atoms with Gasteiger partial charge in [0.25, 0.3) is 5.91 Å². The summed E-state index contributed by atoms with van der Waals surface area (Å²) in [4.78, 5) is 15.0. The molecular weight excluding hydrogens is 309 g/mol. The van der Waals surface area contributed by atoms with Gasteiger partial charge in [-0.2, -0.15) is 0 Å². The lowest BCUT2D eigenvalue weighted by atomic mass is 9.49. The molecule has 1 saturated heterocycles. The molecule has 0 bridgehead atoms. The molecule has 2 aromatic carbocycles. The molecule has 1 fully saturated rings. The fraction of sp³-hybridized carbons (Fsp3) is 0.381. The van der Waals surface area contributed by atoms with E-state index in [2.05, 4.69) is 25.8 Å². The molecule has 4 heteroatoms. The molecule has 130 valence electrons. The van der Waals surface area contributed by atoms with Crippen molar-refractivity contribution >= 4 is 18.1 Å². The molecular formula is C21H26BNO2. The van der Waals surface area contributed by atoms with Crippen LogP contribution in [0.25, 0.3) is 0 Å². The first kappa shape index (κ1) is 17.6. The van der Waals surface area contributed by atoms with Gasteiger partial charge in [-0.05, 0) is 31.4 Å². The molecule has 1 heterocycles. The molecule has 2 aromatic rings. The molecule has 1 amide bonds. The highest BCUT2D eigenvalue weighted by atomic mass is 16.5. The highest BCUT2D eigenvalue weighted by molar-refractivity contribution is 6.70. The number of benzene rings is 2. The average Bonchev–Trinajstić information content (AvgIpc) is 2.67. The zero-order valence-electron chi connectivity index (χ0n) is 15.2.